The molecule has 0 spiro atoms. The fraction of sp³-hybridized carbons (Fsp3) is 0.333. The second kappa shape index (κ2) is 5.78. The highest BCUT2D eigenvalue weighted by atomic mass is 19.1. The zero-order chi connectivity index (χ0) is 13.8. The predicted octanol–water partition coefficient (Wildman–Crippen LogP) is 3.59. The summed E-state index contributed by atoms with van der Waals surface area (Å²) < 4.78 is 13.2. The zero-order valence-corrected chi connectivity index (χ0v) is 11.5. The van der Waals surface area contributed by atoms with Crippen LogP contribution in [0.5, 0.6) is 0 Å². The Labute approximate surface area is 112 Å². The van der Waals surface area contributed by atoms with Crippen LogP contribution in [-0.2, 0) is 6.42 Å². The monoisotopic (exact) mass is 259 g/mol. The summed E-state index contributed by atoms with van der Waals surface area (Å²) in [5.74, 6) is 0.638. The lowest BCUT2D eigenvalue weighted by Gasteiger charge is -2.13. The van der Waals surface area contributed by atoms with E-state index in [9.17, 15) is 4.39 Å². The average molecular weight is 259 g/mol. The van der Waals surface area contributed by atoms with Crippen molar-refractivity contribution < 1.29 is 4.39 Å². The van der Waals surface area contributed by atoms with Crippen LogP contribution in [0.1, 0.15) is 25.0 Å². The van der Waals surface area contributed by atoms with Crippen molar-refractivity contribution in [2.24, 2.45) is 0 Å². The SMILES string of the molecule is CCNc1ncnc(-c2ccc(F)cc2C)c1CC. The van der Waals surface area contributed by atoms with Crippen LogP contribution >= 0.6 is 0 Å². The fourth-order valence-electron chi connectivity index (χ4n) is 2.19. The van der Waals surface area contributed by atoms with Gasteiger partial charge >= 0.3 is 0 Å². The van der Waals surface area contributed by atoms with Gasteiger partial charge in [0.15, 0.2) is 0 Å². The molecule has 4 heteroatoms. The van der Waals surface area contributed by atoms with Gasteiger partial charge in [0.2, 0.25) is 0 Å². The van der Waals surface area contributed by atoms with Gasteiger partial charge in [0.25, 0.3) is 0 Å². The molecule has 2 rings (SSSR count). The number of aryl methyl sites for hydroxylation is 1. The van der Waals surface area contributed by atoms with E-state index in [4.69, 9.17) is 0 Å². The number of benzene rings is 1. The number of rotatable bonds is 4. The standard InChI is InChI=1S/C15H18FN3/c1-4-12-14(18-9-19-15(12)17-5-2)13-7-6-11(16)8-10(13)3/h6-9H,4-5H2,1-3H3,(H,17,18,19). The Bertz CT molecular complexity index is 582. The quantitative estimate of drug-likeness (QED) is 0.911. The number of hydrogen-bond donors (Lipinski definition) is 1. The average Bonchev–Trinajstić information content (AvgIpc) is 2.39. The Balaban J connectivity index is 2.58. The minimum atomic E-state index is -0.222. The van der Waals surface area contributed by atoms with Crippen LogP contribution in [-0.4, -0.2) is 16.5 Å². The molecule has 0 saturated heterocycles. The van der Waals surface area contributed by atoms with Crippen LogP contribution in [0.4, 0.5) is 10.2 Å². The van der Waals surface area contributed by atoms with Crippen molar-refractivity contribution in [3.8, 4) is 11.3 Å². The lowest BCUT2D eigenvalue weighted by molar-refractivity contribution is 0.627. The second-order valence-corrected chi connectivity index (χ2v) is 4.39. The molecule has 0 aliphatic rings. The van der Waals surface area contributed by atoms with Crippen molar-refractivity contribution in [2.75, 3.05) is 11.9 Å². The molecule has 0 fully saturated rings. The molecule has 0 amide bonds. The third-order valence-corrected chi connectivity index (χ3v) is 3.09. The van der Waals surface area contributed by atoms with Gasteiger partial charge in [0, 0.05) is 17.7 Å². The predicted molar refractivity (Wildman–Crippen MR) is 75.7 cm³/mol. The Morgan fingerprint density at radius 1 is 1.21 bits per heavy atom. The first-order valence-corrected chi connectivity index (χ1v) is 6.51. The molecule has 0 atom stereocenters. The summed E-state index contributed by atoms with van der Waals surface area (Å²) in [5, 5.41) is 3.24. The number of nitrogens with one attached hydrogen (secondary N) is 1. The third-order valence-electron chi connectivity index (χ3n) is 3.09. The van der Waals surface area contributed by atoms with Crippen molar-refractivity contribution in [1.82, 2.24) is 9.97 Å². The minimum Gasteiger partial charge on any atom is -0.370 e. The molecule has 1 aromatic heterocycles. The molecule has 0 aliphatic heterocycles. The van der Waals surface area contributed by atoms with Crippen molar-refractivity contribution in [2.45, 2.75) is 27.2 Å². The van der Waals surface area contributed by atoms with Gasteiger partial charge in [-0.1, -0.05) is 6.92 Å². The highest BCUT2D eigenvalue weighted by molar-refractivity contribution is 5.70. The molecule has 1 aromatic carbocycles. The second-order valence-electron chi connectivity index (χ2n) is 4.39. The Hall–Kier alpha value is -1.97. The first-order chi connectivity index (χ1) is 9.17. The molecule has 3 nitrogen and oxygen atoms in total. The van der Waals surface area contributed by atoms with E-state index in [2.05, 4.69) is 22.2 Å². The summed E-state index contributed by atoms with van der Waals surface area (Å²) in [6.45, 7) is 6.81. The first kappa shape index (κ1) is 13.5. The van der Waals surface area contributed by atoms with Gasteiger partial charge in [-0.3, -0.25) is 0 Å². The van der Waals surface area contributed by atoms with E-state index in [-0.39, 0.29) is 5.82 Å². The molecule has 0 radical (unpaired) electrons. The van der Waals surface area contributed by atoms with Crippen LogP contribution in [0.2, 0.25) is 0 Å². The van der Waals surface area contributed by atoms with E-state index in [1.54, 1.807) is 12.4 Å². The number of hydrogen-bond acceptors (Lipinski definition) is 3. The largest absolute Gasteiger partial charge is 0.370 e. The minimum absolute atomic E-state index is 0.222. The topological polar surface area (TPSA) is 37.8 Å². The molecule has 1 heterocycles. The van der Waals surface area contributed by atoms with E-state index >= 15 is 0 Å². The highest BCUT2D eigenvalue weighted by Crippen LogP contribution is 2.28. The van der Waals surface area contributed by atoms with Crippen molar-refractivity contribution >= 4 is 5.82 Å². The van der Waals surface area contributed by atoms with Gasteiger partial charge in [-0.2, -0.15) is 0 Å². The van der Waals surface area contributed by atoms with Crippen LogP contribution in [0.3, 0.4) is 0 Å². The van der Waals surface area contributed by atoms with E-state index in [0.717, 1.165) is 41.2 Å². The van der Waals surface area contributed by atoms with Crippen LogP contribution in [0.15, 0.2) is 24.5 Å². The fourth-order valence-corrected chi connectivity index (χ4v) is 2.19. The molecular formula is C15H18FN3. The molecule has 0 aliphatic carbocycles. The highest BCUT2D eigenvalue weighted by Gasteiger charge is 2.13. The summed E-state index contributed by atoms with van der Waals surface area (Å²) >= 11 is 0. The number of aromatic nitrogens is 2. The maximum Gasteiger partial charge on any atom is 0.133 e. The molecule has 2 aromatic rings. The normalized spacial score (nSPS) is 10.5. The molecule has 1 N–H and O–H groups in total. The Kier molecular flexibility index (Phi) is 4.10. The molecule has 19 heavy (non-hydrogen) atoms. The van der Waals surface area contributed by atoms with Crippen molar-refractivity contribution in [1.29, 1.82) is 0 Å². The van der Waals surface area contributed by atoms with E-state index in [1.807, 2.05) is 13.8 Å². The lowest BCUT2D eigenvalue weighted by atomic mass is 10.00. The van der Waals surface area contributed by atoms with Gasteiger partial charge in [-0.25, -0.2) is 14.4 Å². The molecular weight excluding hydrogens is 241 g/mol. The van der Waals surface area contributed by atoms with Gasteiger partial charge in [-0.05, 0) is 44.0 Å². The summed E-state index contributed by atoms with van der Waals surface area (Å²) in [7, 11) is 0. The lowest BCUT2D eigenvalue weighted by Crippen LogP contribution is -2.06. The molecule has 0 bridgehead atoms. The van der Waals surface area contributed by atoms with Crippen LogP contribution in [0, 0.1) is 12.7 Å². The van der Waals surface area contributed by atoms with Gasteiger partial charge < -0.3 is 5.32 Å². The molecule has 0 saturated carbocycles. The van der Waals surface area contributed by atoms with E-state index < -0.39 is 0 Å². The summed E-state index contributed by atoms with van der Waals surface area (Å²) in [6.07, 6.45) is 2.38. The van der Waals surface area contributed by atoms with Crippen molar-refractivity contribution in [3.63, 3.8) is 0 Å². The Morgan fingerprint density at radius 2 is 2.00 bits per heavy atom. The third kappa shape index (κ3) is 2.72. The molecule has 0 unspecified atom stereocenters. The van der Waals surface area contributed by atoms with Crippen LogP contribution in [0.25, 0.3) is 11.3 Å². The van der Waals surface area contributed by atoms with Gasteiger partial charge in [0.05, 0.1) is 5.69 Å². The smallest absolute Gasteiger partial charge is 0.133 e. The van der Waals surface area contributed by atoms with E-state index in [1.165, 1.54) is 12.1 Å². The maximum absolute atomic E-state index is 13.2. The van der Waals surface area contributed by atoms with Crippen LogP contribution < -0.4 is 5.32 Å². The van der Waals surface area contributed by atoms with E-state index in [0.29, 0.717) is 0 Å². The Morgan fingerprint density at radius 3 is 2.63 bits per heavy atom. The van der Waals surface area contributed by atoms with Gasteiger partial charge in [-0.15, -0.1) is 0 Å². The summed E-state index contributed by atoms with van der Waals surface area (Å²) in [4.78, 5) is 8.66. The number of nitrogens with zero attached hydrogens (tertiary/aromatic N) is 2. The number of anilines is 1. The maximum atomic E-state index is 13.2. The molecule has 100 valence electrons. The van der Waals surface area contributed by atoms with Crippen molar-refractivity contribution in [3.05, 3.63) is 41.5 Å². The zero-order valence-electron chi connectivity index (χ0n) is 11.5. The van der Waals surface area contributed by atoms with Gasteiger partial charge in [0.1, 0.15) is 18.0 Å². The summed E-state index contributed by atoms with van der Waals surface area (Å²) in [6, 6.07) is 4.78. The first-order valence-electron chi connectivity index (χ1n) is 6.51. The number of halogens is 1. The summed E-state index contributed by atoms with van der Waals surface area (Å²) in [5.41, 5.74) is 3.79.